The molecule has 1 atom stereocenters. The SMILES string of the molecule is NC(=O)/C(=C(\C=O)c1nc(NCC2CCCCN2)nc2ccccc12)c1c[nH]c2ccsc12. The van der Waals surface area contributed by atoms with Crippen LogP contribution in [0.3, 0.4) is 0 Å². The lowest BCUT2D eigenvalue weighted by atomic mass is 9.97. The van der Waals surface area contributed by atoms with Crippen LogP contribution in [0, 0.1) is 0 Å². The molecule has 1 aliphatic heterocycles. The van der Waals surface area contributed by atoms with E-state index in [-0.39, 0.29) is 11.1 Å². The summed E-state index contributed by atoms with van der Waals surface area (Å²) < 4.78 is 0.864. The lowest BCUT2D eigenvalue weighted by Crippen LogP contribution is -2.39. The summed E-state index contributed by atoms with van der Waals surface area (Å²) in [6.45, 7) is 1.68. The van der Waals surface area contributed by atoms with Crippen molar-refractivity contribution in [2.45, 2.75) is 25.3 Å². The van der Waals surface area contributed by atoms with Gasteiger partial charge >= 0.3 is 0 Å². The Bertz CT molecular complexity index is 1370. The van der Waals surface area contributed by atoms with Crippen LogP contribution in [0.25, 0.3) is 32.3 Å². The Morgan fingerprint density at radius 1 is 1.24 bits per heavy atom. The summed E-state index contributed by atoms with van der Waals surface area (Å²) in [5.74, 6) is -0.274. The van der Waals surface area contributed by atoms with E-state index >= 15 is 0 Å². The molecule has 168 valence electrons. The summed E-state index contributed by atoms with van der Waals surface area (Å²) in [7, 11) is 0. The first kappa shape index (κ1) is 21.3. The second-order valence-electron chi connectivity index (χ2n) is 8.08. The molecule has 3 aromatic heterocycles. The quantitative estimate of drug-likeness (QED) is 0.248. The first-order valence-electron chi connectivity index (χ1n) is 10.9. The number of hydrogen-bond acceptors (Lipinski definition) is 7. The number of carbonyl (C=O) groups excluding carboxylic acids is 2. The molecule has 1 fully saturated rings. The predicted molar refractivity (Wildman–Crippen MR) is 132 cm³/mol. The molecule has 9 heteroatoms. The maximum atomic E-state index is 12.6. The number of anilines is 1. The number of primary amides is 1. The Morgan fingerprint density at radius 2 is 2.12 bits per heavy atom. The number of amides is 1. The summed E-state index contributed by atoms with van der Waals surface area (Å²) in [4.78, 5) is 37.5. The number of nitrogens with one attached hydrogen (secondary N) is 3. The number of H-pyrrole nitrogens is 1. The van der Waals surface area contributed by atoms with E-state index in [1.807, 2.05) is 35.7 Å². The second kappa shape index (κ2) is 9.13. The summed E-state index contributed by atoms with van der Waals surface area (Å²) in [5.41, 5.74) is 8.64. The third-order valence-electron chi connectivity index (χ3n) is 5.96. The number of aldehydes is 1. The van der Waals surface area contributed by atoms with Gasteiger partial charge in [0.2, 0.25) is 11.9 Å². The van der Waals surface area contributed by atoms with Gasteiger partial charge in [-0.25, -0.2) is 9.97 Å². The molecule has 5 N–H and O–H groups in total. The second-order valence-corrected chi connectivity index (χ2v) is 8.99. The normalized spacial score (nSPS) is 17.2. The number of nitrogens with two attached hydrogens (primary N) is 1. The van der Waals surface area contributed by atoms with Crippen LogP contribution in [0.2, 0.25) is 0 Å². The molecule has 1 saturated heterocycles. The average Bonchev–Trinajstić information content (AvgIpc) is 3.46. The Labute approximate surface area is 194 Å². The third kappa shape index (κ3) is 4.12. The van der Waals surface area contributed by atoms with Gasteiger partial charge in [-0.2, -0.15) is 0 Å². The molecule has 0 spiro atoms. The number of aromatic nitrogens is 3. The van der Waals surface area contributed by atoms with Crippen molar-refractivity contribution in [2.24, 2.45) is 5.73 Å². The van der Waals surface area contributed by atoms with E-state index < -0.39 is 5.91 Å². The molecule has 33 heavy (non-hydrogen) atoms. The van der Waals surface area contributed by atoms with Gasteiger partial charge in [-0.1, -0.05) is 24.6 Å². The standard InChI is InChI=1S/C24H24N6O2S/c25-23(32)20(16-12-27-19-8-10-33-22(16)19)17(13-31)21-15-6-1-2-7-18(15)29-24(30-21)28-11-14-5-3-4-9-26-14/h1-2,6-8,10,12-14,26-27H,3-5,9,11H2,(H2,25,32)(H,28,29,30)/b20-17+. The smallest absolute Gasteiger partial charge is 0.250 e. The van der Waals surface area contributed by atoms with Gasteiger partial charge in [0.1, 0.15) is 0 Å². The molecule has 0 radical (unpaired) electrons. The Hall–Kier alpha value is -3.56. The largest absolute Gasteiger partial charge is 0.366 e. The highest BCUT2D eigenvalue weighted by atomic mass is 32.1. The van der Waals surface area contributed by atoms with Gasteiger partial charge < -0.3 is 21.4 Å². The maximum absolute atomic E-state index is 12.6. The number of rotatable bonds is 7. The fourth-order valence-corrected chi connectivity index (χ4v) is 5.23. The predicted octanol–water partition coefficient (Wildman–Crippen LogP) is 3.32. The van der Waals surface area contributed by atoms with E-state index in [1.165, 1.54) is 24.2 Å². The maximum Gasteiger partial charge on any atom is 0.250 e. The van der Waals surface area contributed by atoms with Crippen LogP contribution in [0.1, 0.15) is 30.5 Å². The van der Waals surface area contributed by atoms with E-state index in [9.17, 15) is 9.59 Å². The van der Waals surface area contributed by atoms with Crippen molar-refractivity contribution < 1.29 is 9.59 Å². The van der Waals surface area contributed by atoms with Crippen molar-refractivity contribution in [3.05, 3.63) is 53.2 Å². The lowest BCUT2D eigenvalue weighted by Gasteiger charge is -2.23. The van der Waals surface area contributed by atoms with E-state index in [1.54, 1.807) is 6.20 Å². The third-order valence-corrected chi connectivity index (χ3v) is 6.91. The van der Waals surface area contributed by atoms with Crippen LogP contribution in [0.5, 0.6) is 0 Å². The number of piperidine rings is 1. The first-order chi connectivity index (χ1) is 16.2. The number of carbonyl (C=O) groups is 2. The van der Waals surface area contributed by atoms with Crippen molar-refractivity contribution in [1.82, 2.24) is 20.3 Å². The van der Waals surface area contributed by atoms with Crippen LogP contribution in [0.15, 0.2) is 41.9 Å². The molecule has 1 unspecified atom stereocenters. The number of thiophene rings is 1. The fraction of sp³-hybridized carbons (Fsp3) is 0.250. The van der Waals surface area contributed by atoms with Crippen molar-refractivity contribution >= 4 is 61.7 Å². The van der Waals surface area contributed by atoms with E-state index in [0.717, 1.165) is 23.2 Å². The zero-order valence-corrected chi connectivity index (χ0v) is 18.7. The van der Waals surface area contributed by atoms with Gasteiger partial charge in [0.25, 0.3) is 0 Å². The number of fused-ring (bicyclic) bond motifs is 2. The molecule has 0 aliphatic carbocycles. The molecule has 0 saturated carbocycles. The molecular formula is C24H24N6O2S. The van der Waals surface area contributed by atoms with E-state index in [0.29, 0.717) is 47.0 Å². The highest BCUT2D eigenvalue weighted by Gasteiger charge is 2.23. The molecule has 1 amide bonds. The van der Waals surface area contributed by atoms with Crippen LogP contribution in [-0.4, -0.2) is 46.3 Å². The zero-order valence-electron chi connectivity index (χ0n) is 17.9. The minimum atomic E-state index is -0.685. The van der Waals surface area contributed by atoms with Gasteiger partial charge in [0.05, 0.1) is 32.6 Å². The average molecular weight is 461 g/mol. The van der Waals surface area contributed by atoms with Crippen LogP contribution >= 0.6 is 11.3 Å². The molecule has 4 heterocycles. The van der Waals surface area contributed by atoms with Gasteiger partial charge in [-0.15, -0.1) is 11.3 Å². The summed E-state index contributed by atoms with van der Waals surface area (Å²) in [5, 5.41) is 9.41. The lowest BCUT2D eigenvalue weighted by molar-refractivity contribution is -0.113. The van der Waals surface area contributed by atoms with Crippen molar-refractivity contribution in [1.29, 1.82) is 0 Å². The molecular weight excluding hydrogens is 436 g/mol. The number of aromatic amines is 1. The van der Waals surface area contributed by atoms with Crippen LogP contribution < -0.4 is 16.4 Å². The van der Waals surface area contributed by atoms with Gasteiger partial charge in [0, 0.05) is 29.7 Å². The fourth-order valence-electron chi connectivity index (χ4n) is 4.35. The molecule has 1 aromatic carbocycles. The summed E-state index contributed by atoms with van der Waals surface area (Å²) in [6.07, 6.45) is 5.84. The molecule has 0 bridgehead atoms. The minimum absolute atomic E-state index is 0.141. The van der Waals surface area contributed by atoms with E-state index in [4.69, 9.17) is 5.73 Å². The molecule has 4 aromatic rings. The molecule has 5 rings (SSSR count). The van der Waals surface area contributed by atoms with Gasteiger partial charge in [-0.3, -0.25) is 9.59 Å². The Kier molecular flexibility index (Phi) is 5.89. The van der Waals surface area contributed by atoms with Crippen LogP contribution in [-0.2, 0) is 9.59 Å². The van der Waals surface area contributed by atoms with Gasteiger partial charge in [0.15, 0.2) is 6.29 Å². The highest BCUT2D eigenvalue weighted by Crippen LogP contribution is 2.35. The number of para-hydroxylation sites is 1. The summed E-state index contributed by atoms with van der Waals surface area (Å²) in [6, 6.07) is 9.71. The summed E-state index contributed by atoms with van der Waals surface area (Å²) >= 11 is 1.48. The Morgan fingerprint density at radius 3 is 2.91 bits per heavy atom. The number of nitrogens with zero attached hydrogens (tertiary/aromatic N) is 2. The topological polar surface area (TPSA) is 126 Å². The minimum Gasteiger partial charge on any atom is -0.366 e. The van der Waals surface area contributed by atoms with Crippen LogP contribution in [0.4, 0.5) is 5.95 Å². The zero-order chi connectivity index (χ0) is 22.8. The van der Waals surface area contributed by atoms with Gasteiger partial charge in [-0.05, 0) is 36.9 Å². The van der Waals surface area contributed by atoms with Crippen molar-refractivity contribution in [3.8, 4) is 0 Å². The van der Waals surface area contributed by atoms with E-state index in [2.05, 4.69) is 25.6 Å². The Balaban J connectivity index is 1.64. The highest BCUT2D eigenvalue weighted by molar-refractivity contribution is 7.17. The van der Waals surface area contributed by atoms with Crippen molar-refractivity contribution in [2.75, 3.05) is 18.4 Å². The molecule has 8 nitrogen and oxygen atoms in total. The monoisotopic (exact) mass is 460 g/mol. The van der Waals surface area contributed by atoms with Crippen molar-refractivity contribution in [3.63, 3.8) is 0 Å². The number of benzene rings is 1. The number of hydrogen-bond donors (Lipinski definition) is 4. The first-order valence-corrected chi connectivity index (χ1v) is 11.8. The number of allylic oxidation sites excluding steroid dienone is 1. The molecule has 1 aliphatic rings.